The van der Waals surface area contributed by atoms with Crippen LogP contribution < -0.4 is 10.6 Å². The fourth-order valence-electron chi connectivity index (χ4n) is 3.85. The number of fused-ring (bicyclic) bond motifs is 1. The quantitative estimate of drug-likeness (QED) is 0.259. The van der Waals surface area contributed by atoms with Crippen LogP contribution >= 0.6 is 35.3 Å². The third-order valence-corrected chi connectivity index (χ3v) is 6.67. The molecule has 2 N–H and O–H groups in total. The Bertz CT molecular complexity index is 568. The number of nitrogens with one attached hydrogen (secondary N) is 2. The maximum absolute atomic E-state index is 4.36. The van der Waals surface area contributed by atoms with Crippen molar-refractivity contribution in [2.45, 2.75) is 39.2 Å². The van der Waals surface area contributed by atoms with Crippen molar-refractivity contribution in [3.8, 4) is 0 Å². The van der Waals surface area contributed by atoms with Crippen molar-refractivity contribution in [3.05, 3.63) is 21.9 Å². The van der Waals surface area contributed by atoms with E-state index in [1.807, 2.05) is 18.4 Å². The van der Waals surface area contributed by atoms with Crippen LogP contribution in [0.5, 0.6) is 0 Å². The van der Waals surface area contributed by atoms with Crippen LogP contribution in [-0.4, -0.2) is 68.6 Å². The normalized spacial score (nSPS) is 19.4. The summed E-state index contributed by atoms with van der Waals surface area (Å²) >= 11 is 1.91. The number of piperidine rings is 1. The van der Waals surface area contributed by atoms with Gasteiger partial charge in [-0.3, -0.25) is 9.89 Å². The molecule has 0 unspecified atom stereocenters. The monoisotopic (exact) mass is 505 g/mol. The van der Waals surface area contributed by atoms with E-state index < -0.39 is 0 Å². The summed E-state index contributed by atoms with van der Waals surface area (Å²) in [6.07, 6.45) is 5.11. The van der Waals surface area contributed by atoms with Crippen LogP contribution in [0.2, 0.25) is 0 Å². The summed E-state index contributed by atoms with van der Waals surface area (Å²) in [5.74, 6) is 1.85. The molecule has 0 amide bonds. The molecular formula is C20H36IN5S. The van der Waals surface area contributed by atoms with Crippen LogP contribution in [0.25, 0.3) is 0 Å². The fraction of sp³-hybridized carbons (Fsp3) is 0.750. The third kappa shape index (κ3) is 7.51. The number of guanidine groups is 1. The summed E-state index contributed by atoms with van der Waals surface area (Å²) in [6.45, 7) is 11.4. The molecular weight excluding hydrogens is 469 g/mol. The highest BCUT2D eigenvalue weighted by Gasteiger charge is 2.17. The molecule has 2 aliphatic heterocycles. The van der Waals surface area contributed by atoms with Crippen LogP contribution in [0, 0.1) is 5.92 Å². The molecule has 2 aliphatic rings. The molecule has 1 aromatic heterocycles. The van der Waals surface area contributed by atoms with Gasteiger partial charge in [0.25, 0.3) is 0 Å². The lowest BCUT2D eigenvalue weighted by Gasteiger charge is -2.30. The molecule has 154 valence electrons. The molecule has 1 saturated heterocycles. The van der Waals surface area contributed by atoms with E-state index in [-0.39, 0.29) is 24.0 Å². The molecule has 0 bridgehead atoms. The summed E-state index contributed by atoms with van der Waals surface area (Å²) in [4.78, 5) is 11.1. The molecule has 1 fully saturated rings. The van der Waals surface area contributed by atoms with Gasteiger partial charge < -0.3 is 15.5 Å². The molecule has 0 aliphatic carbocycles. The molecule has 5 nitrogen and oxygen atoms in total. The second-order valence-electron chi connectivity index (χ2n) is 7.70. The highest BCUT2D eigenvalue weighted by molar-refractivity contribution is 14.0. The van der Waals surface area contributed by atoms with Crippen LogP contribution in [0.1, 0.15) is 36.6 Å². The van der Waals surface area contributed by atoms with E-state index in [0.29, 0.717) is 0 Å². The predicted molar refractivity (Wildman–Crippen MR) is 128 cm³/mol. The summed E-state index contributed by atoms with van der Waals surface area (Å²) in [7, 11) is 1.86. The standard InChI is InChI=1S/C20H35N5S.HI/c1-17-4-11-24(12-5-17)10-3-8-22-20(21-2)23-9-14-25-13-6-19-18(16-25)7-15-26-19;/h7,15,17H,3-6,8-14,16H2,1-2H3,(H2,21,22,23);1H. The van der Waals surface area contributed by atoms with Gasteiger partial charge in [0.2, 0.25) is 0 Å². The molecule has 7 heteroatoms. The average Bonchev–Trinajstić information content (AvgIpc) is 3.13. The molecule has 3 heterocycles. The van der Waals surface area contributed by atoms with Crippen molar-refractivity contribution in [1.29, 1.82) is 0 Å². The van der Waals surface area contributed by atoms with Crippen molar-refractivity contribution in [2.24, 2.45) is 10.9 Å². The topological polar surface area (TPSA) is 42.9 Å². The summed E-state index contributed by atoms with van der Waals surface area (Å²) < 4.78 is 0. The van der Waals surface area contributed by atoms with E-state index in [0.717, 1.165) is 38.1 Å². The van der Waals surface area contributed by atoms with Crippen molar-refractivity contribution in [2.75, 3.05) is 52.9 Å². The van der Waals surface area contributed by atoms with Gasteiger partial charge in [0.05, 0.1) is 0 Å². The second-order valence-corrected chi connectivity index (χ2v) is 8.70. The second kappa shape index (κ2) is 12.2. The molecule has 27 heavy (non-hydrogen) atoms. The number of rotatable bonds is 7. The Balaban J connectivity index is 0.00000261. The zero-order valence-corrected chi connectivity index (χ0v) is 20.0. The summed E-state index contributed by atoms with van der Waals surface area (Å²) in [6, 6.07) is 2.28. The number of hydrogen-bond acceptors (Lipinski definition) is 4. The lowest BCUT2D eigenvalue weighted by molar-refractivity contribution is 0.191. The van der Waals surface area contributed by atoms with Gasteiger partial charge in [0.15, 0.2) is 5.96 Å². The van der Waals surface area contributed by atoms with E-state index >= 15 is 0 Å². The summed E-state index contributed by atoms with van der Waals surface area (Å²) in [5, 5.41) is 9.15. The van der Waals surface area contributed by atoms with Crippen LogP contribution in [0.4, 0.5) is 0 Å². The van der Waals surface area contributed by atoms with Gasteiger partial charge in [-0.25, -0.2) is 0 Å². The first-order chi connectivity index (χ1) is 12.7. The Morgan fingerprint density at radius 3 is 2.70 bits per heavy atom. The Kier molecular flexibility index (Phi) is 10.4. The van der Waals surface area contributed by atoms with Crippen LogP contribution in [0.3, 0.4) is 0 Å². The maximum Gasteiger partial charge on any atom is 0.191 e. The molecule has 0 radical (unpaired) electrons. The number of likely N-dealkylation sites (tertiary alicyclic amines) is 1. The van der Waals surface area contributed by atoms with Gasteiger partial charge in [-0.2, -0.15) is 0 Å². The van der Waals surface area contributed by atoms with Gasteiger partial charge in [-0.05, 0) is 68.2 Å². The predicted octanol–water partition coefficient (Wildman–Crippen LogP) is 3.01. The molecule has 0 saturated carbocycles. The molecule has 0 spiro atoms. The van der Waals surface area contributed by atoms with Crippen molar-refractivity contribution < 1.29 is 0 Å². The van der Waals surface area contributed by atoms with Crippen molar-refractivity contribution >= 4 is 41.3 Å². The minimum Gasteiger partial charge on any atom is -0.356 e. The highest BCUT2D eigenvalue weighted by atomic mass is 127. The first kappa shape index (κ1) is 22.9. The number of hydrogen-bond donors (Lipinski definition) is 2. The number of thiophene rings is 1. The number of halogens is 1. The Labute approximate surface area is 186 Å². The number of nitrogens with zero attached hydrogens (tertiary/aromatic N) is 3. The van der Waals surface area contributed by atoms with Gasteiger partial charge in [0, 0.05) is 44.6 Å². The Morgan fingerprint density at radius 2 is 1.93 bits per heavy atom. The summed E-state index contributed by atoms with van der Waals surface area (Å²) in [5.41, 5.74) is 1.52. The first-order valence-corrected chi connectivity index (χ1v) is 11.1. The largest absolute Gasteiger partial charge is 0.356 e. The zero-order chi connectivity index (χ0) is 18.2. The van der Waals surface area contributed by atoms with Gasteiger partial charge >= 0.3 is 0 Å². The lowest BCUT2D eigenvalue weighted by atomic mass is 9.99. The van der Waals surface area contributed by atoms with Crippen molar-refractivity contribution in [3.63, 3.8) is 0 Å². The van der Waals surface area contributed by atoms with Crippen LogP contribution in [0.15, 0.2) is 16.4 Å². The van der Waals surface area contributed by atoms with E-state index in [1.165, 1.54) is 57.4 Å². The molecule has 3 rings (SSSR count). The Morgan fingerprint density at radius 1 is 1.15 bits per heavy atom. The van der Waals surface area contributed by atoms with Crippen LogP contribution in [-0.2, 0) is 13.0 Å². The maximum atomic E-state index is 4.36. The molecule has 1 aromatic rings. The third-order valence-electron chi connectivity index (χ3n) is 5.65. The van der Waals surface area contributed by atoms with Gasteiger partial charge in [-0.1, -0.05) is 6.92 Å². The molecule has 0 aromatic carbocycles. The highest BCUT2D eigenvalue weighted by Crippen LogP contribution is 2.23. The van der Waals surface area contributed by atoms with Gasteiger partial charge in [0.1, 0.15) is 0 Å². The smallest absolute Gasteiger partial charge is 0.191 e. The van der Waals surface area contributed by atoms with Crippen molar-refractivity contribution in [1.82, 2.24) is 20.4 Å². The first-order valence-electron chi connectivity index (χ1n) is 10.2. The van der Waals surface area contributed by atoms with E-state index in [9.17, 15) is 0 Å². The number of aliphatic imine (C=N–C) groups is 1. The zero-order valence-electron chi connectivity index (χ0n) is 16.9. The SMILES string of the molecule is CN=C(NCCCN1CCC(C)CC1)NCCN1CCc2sccc2C1.I. The fourth-order valence-corrected chi connectivity index (χ4v) is 4.74. The van der Waals surface area contributed by atoms with Gasteiger partial charge in [-0.15, -0.1) is 35.3 Å². The average molecular weight is 506 g/mol. The Hall–Kier alpha value is -0.380. The molecule has 0 atom stereocenters. The van der Waals surface area contributed by atoms with E-state index in [2.05, 4.69) is 43.8 Å². The van der Waals surface area contributed by atoms with E-state index in [1.54, 1.807) is 4.88 Å². The van der Waals surface area contributed by atoms with E-state index in [4.69, 9.17) is 0 Å². The minimum atomic E-state index is 0. The minimum absolute atomic E-state index is 0. The lowest BCUT2D eigenvalue weighted by Crippen LogP contribution is -2.43.